The summed E-state index contributed by atoms with van der Waals surface area (Å²) in [6.45, 7) is 3.00. The minimum absolute atomic E-state index is 0.0826. The van der Waals surface area contributed by atoms with E-state index in [9.17, 15) is 4.79 Å². The molecule has 0 saturated carbocycles. The third kappa shape index (κ3) is 3.86. The van der Waals surface area contributed by atoms with Crippen molar-refractivity contribution in [2.75, 3.05) is 25.2 Å². The Labute approximate surface area is 108 Å². The normalized spacial score (nSPS) is 9.83. The Morgan fingerprint density at radius 1 is 1.39 bits per heavy atom. The summed E-state index contributed by atoms with van der Waals surface area (Å²) in [4.78, 5) is 13.7. The zero-order chi connectivity index (χ0) is 13.4. The number of nitriles is 1. The highest BCUT2D eigenvalue weighted by molar-refractivity contribution is 5.93. The molecule has 1 amide bonds. The van der Waals surface area contributed by atoms with Gasteiger partial charge in [0.05, 0.1) is 18.2 Å². The van der Waals surface area contributed by atoms with Crippen molar-refractivity contribution in [2.45, 2.75) is 19.8 Å². The summed E-state index contributed by atoms with van der Waals surface area (Å²) >= 11 is 0. The van der Waals surface area contributed by atoms with Crippen molar-refractivity contribution < 1.29 is 9.53 Å². The van der Waals surface area contributed by atoms with E-state index in [0.717, 1.165) is 12.1 Å². The fraction of sp³-hybridized carbons (Fsp3) is 0.429. The van der Waals surface area contributed by atoms with Crippen molar-refractivity contribution in [1.82, 2.24) is 0 Å². The molecule has 1 aromatic carbocycles. The van der Waals surface area contributed by atoms with Crippen molar-refractivity contribution >= 4 is 11.6 Å². The van der Waals surface area contributed by atoms with Crippen molar-refractivity contribution in [3.05, 3.63) is 29.8 Å². The smallest absolute Gasteiger partial charge is 0.227 e. The van der Waals surface area contributed by atoms with Gasteiger partial charge in [-0.25, -0.2) is 0 Å². The zero-order valence-corrected chi connectivity index (χ0v) is 10.8. The Hall–Kier alpha value is -1.86. The Bertz CT molecular complexity index is 420. The molecule has 0 saturated heterocycles. The first-order valence-corrected chi connectivity index (χ1v) is 6.02. The molecule has 4 nitrogen and oxygen atoms in total. The predicted molar refractivity (Wildman–Crippen MR) is 70.3 cm³/mol. The highest BCUT2D eigenvalue weighted by atomic mass is 16.5. The molecule has 0 unspecified atom stereocenters. The molecule has 96 valence electrons. The standard InChI is InChI=1S/C14H18N2O2/c1-3-4-14(17)16(9-10-18-2)13-7-5-12(11-15)6-8-13/h5-8H,3-4,9-10H2,1-2H3. The van der Waals surface area contributed by atoms with Crippen molar-refractivity contribution in [3.8, 4) is 6.07 Å². The molecule has 0 aliphatic heterocycles. The molecule has 0 aromatic heterocycles. The molecule has 0 N–H and O–H groups in total. The molecule has 0 bridgehead atoms. The van der Waals surface area contributed by atoms with Gasteiger partial charge in [-0.2, -0.15) is 5.26 Å². The summed E-state index contributed by atoms with van der Waals surface area (Å²) in [6, 6.07) is 9.08. The predicted octanol–water partition coefficient (Wildman–Crippen LogP) is 2.34. The quantitative estimate of drug-likeness (QED) is 0.774. The first-order valence-electron chi connectivity index (χ1n) is 6.02. The summed E-state index contributed by atoms with van der Waals surface area (Å²) in [6.07, 6.45) is 1.34. The summed E-state index contributed by atoms with van der Waals surface area (Å²) in [7, 11) is 1.61. The Morgan fingerprint density at radius 3 is 2.56 bits per heavy atom. The monoisotopic (exact) mass is 246 g/mol. The van der Waals surface area contributed by atoms with Crippen LogP contribution in [0.15, 0.2) is 24.3 Å². The molecule has 0 atom stereocenters. The van der Waals surface area contributed by atoms with Crippen molar-refractivity contribution in [3.63, 3.8) is 0 Å². The molecule has 0 fully saturated rings. The molecule has 0 heterocycles. The van der Waals surface area contributed by atoms with Crippen LogP contribution in [-0.2, 0) is 9.53 Å². The van der Waals surface area contributed by atoms with Gasteiger partial charge in [0.2, 0.25) is 5.91 Å². The summed E-state index contributed by atoms with van der Waals surface area (Å²) in [5.74, 6) is 0.0826. The van der Waals surface area contributed by atoms with Crippen LogP contribution in [0.5, 0.6) is 0 Å². The van der Waals surface area contributed by atoms with Gasteiger partial charge in [-0.1, -0.05) is 6.92 Å². The molecule has 4 heteroatoms. The number of nitrogens with zero attached hydrogens (tertiary/aromatic N) is 2. The number of hydrogen-bond donors (Lipinski definition) is 0. The lowest BCUT2D eigenvalue weighted by Crippen LogP contribution is -2.33. The van der Waals surface area contributed by atoms with E-state index in [1.807, 2.05) is 6.92 Å². The maximum Gasteiger partial charge on any atom is 0.227 e. The summed E-state index contributed by atoms with van der Waals surface area (Å²) in [5.41, 5.74) is 1.40. The minimum Gasteiger partial charge on any atom is -0.383 e. The molecule has 1 aromatic rings. The van der Waals surface area contributed by atoms with Crippen molar-refractivity contribution in [2.24, 2.45) is 0 Å². The van der Waals surface area contributed by atoms with E-state index >= 15 is 0 Å². The number of carbonyl (C=O) groups is 1. The summed E-state index contributed by atoms with van der Waals surface area (Å²) in [5, 5.41) is 8.75. The highest BCUT2D eigenvalue weighted by Crippen LogP contribution is 2.16. The van der Waals surface area contributed by atoms with Gasteiger partial charge in [-0.15, -0.1) is 0 Å². The van der Waals surface area contributed by atoms with Crippen LogP contribution >= 0.6 is 0 Å². The van der Waals surface area contributed by atoms with Gasteiger partial charge < -0.3 is 9.64 Å². The van der Waals surface area contributed by atoms with Gasteiger partial charge in [0.25, 0.3) is 0 Å². The van der Waals surface area contributed by atoms with Gasteiger partial charge in [0.1, 0.15) is 0 Å². The number of rotatable bonds is 6. The zero-order valence-electron chi connectivity index (χ0n) is 10.8. The maximum atomic E-state index is 12.0. The molecule has 1 rings (SSSR count). The second-order valence-corrected chi connectivity index (χ2v) is 3.95. The Balaban J connectivity index is 2.86. The largest absolute Gasteiger partial charge is 0.383 e. The molecule has 0 spiro atoms. The highest BCUT2D eigenvalue weighted by Gasteiger charge is 2.14. The number of methoxy groups -OCH3 is 1. The van der Waals surface area contributed by atoms with Gasteiger partial charge in [0.15, 0.2) is 0 Å². The van der Waals surface area contributed by atoms with Crippen molar-refractivity contribution in [1.29, 1.82) is 5.26 Å². The third-order valence-corrected chi connectivity index (χ3v) is 2.59. The SMILES string of the molecule is CCCC(=O)N(CCOC)c1ccc(C#N)cc1. The summed E-state index contributed by atoms with van der Waals surface area (Å²) < 4.78 is 5.02. The lowest BCUT2D eigenvalue weighted by Gasteiger charge is -2.22. The molecular formula is C14H18N2O2. The number of hydrogen-bond acceptors (Lipinski definition) is 3. The second kappa shape index (κ2) is 7.46. The molecular weight excluding hydrogens is 228 g/mol. The number of ether oxygens (including phenoxy) is 1. The number of benzene rings is 1. The van der Waals surface area contributed by atoms with Crippen LogP contribution in [0, 0.1) is 11.3 Å². The van der Waals surface area contributed by atoms with Crippen LogP contribution in [0.2, 0.25) is 0 Å². The van der Waals surface area contributed by atoms with E-state index in [-0.39, 0.29) is 5.91 Å². The van der Waals surface area contributed by atoms with Crippen LogP contribution in [0.1, 0.15) is 25.3 Å². The van der Waals surface area contributed by atoms with Crippen LogP contribution in [0.3, 0.4) is 0 Å². The fourth-order valence-corrected chi connectivity index (χ4v) is 1.65. The van der Waals surface area contributed by atoms with Gasteiger partial charge in [0, 0.05) is 25.8 Å². The van der Waals surface area contributed by atoms with E-state index in [1.165, 1.54) is 0 Å². The van der Waals surface area contributed by atoms with E-state index < -0.39 is 0 Å². The molecule has 0 aliphatic carbocycles. The first-order chi connectivity index (χ1) is 8.72. The molecule has 0 radical (unpaired) electrons. The van der Waals surface area contributed by atoms with Gasteiger partial charge in [-0.3, -0.25) is 4.79 Å². The van der Waals surface area contributed by atoms with Crippen LogP contribution in [0.4, 0.5) is 5.69 Å². The lowest BCUT2D eigenvalue weighted by molar-refractivity contribution is -0.118. The first kappa shape index (κ1) is 14.2. The van der Waals surface area contributed by atoms with Gasteiger partial charge >= 0.3 is 0 Å². The average molecular weight is 246 g/mol. The van der Waals surface area contributed by atoms with Gasteiger partial charge in [-0.05, 0) is 30.7 Å². The number of carbonyl (C=O) groups excluding carboxylic acids is 1. The molecule has 0 aliphatic rings. The maximum absolute atomic E-state index is 12.0. The minimum atomic E-state index is 0.0826. The van der Waals surface area contributed by atoms with E-state index in [2.05, 4.69) is 6.07 Å². The van der Waals surface area contributed by atoms with E-state index in [1.54, 1.807) is 36.3 Å². The lowest BCUT2D eigenvalue weighted by atomic mass is 10.2. The third-order valence-electron chi connectivity index (χ3n) is 2.59. The average Bonchev–Trinajstić information content (AvgIpc) is 2.40. The van der Waals surface area contributed by atoms with E-state index in [0.29, 0.717) is 25.1 Å². The topological polar surface area (TPSA) is 53.3 Å². The van der Waals surface area contributed by atoms with E-state index in [4.69, 9.17) is 10.00 Å². The second-order valence-electron chi connectivity index (χ2n) is 3.95. The fourth-order valence-electron chi connectivity index (χ4n) is 1.65. The van der Waals surface area contributed by atoms with Crippen LogP contribution < -0.4 is 4.90 Å². The Morgan fingerprint density at radius 2 is 2.06 bits per heavy atom. The van der Waals surface area contributed by atoms with Crippen LogP contribution in [0.25, 0.3) is 0 Å². The number of anilines is 1. The molecule has 18 heavy (non-hydrogen) atoms. The number of amides is 1. The van der Waals surface area contributed by atoms with Crippen LogP contribution in [-0.4, -0.2) is 26.2 Å². The Kier molecular flexibility index (Phi) is 5.89.